The van der Waals surface area contributed by atoms with Gasteiger partial charge in [0.25, 0.3) is 0 Å². The number of para-hydroxylation sites is 6. The highest BCUT2D eigenvalue weighted by molar-refractivity contribution is 7.99. The molecule has 1 aliphatic rings. The maximum absolute atomic E-state index is 6.78. The van der Waals surface area contributed by atoms with Crippen molar-refractivity contribution >= 4 is 111 Å². The topological polar surface area (TPSA) is 32.8 Å². The minimum absolute atomic E-state index is 0.854. The summed E-state index contributed by atoms with van der Waals surface area (Å²) >= 11 is 1.85. The molecule has 3 heterocycles. The highest BCUT2D eigenvalue weighted by Gasteiger charge is 2.28. The van der Waals surface area contributed by atoms with E-state index in [1.165, 1.54) is 42.5 Å². The Morgan fingerprint density at radius 1 is 0.288 bits per heavy atom. The van der Waals surface area contributed by atoms with Crippen molar-refractivity contribution in [3.8, 4) is 33.4 Å². The normalized spacial score (nSPS) is 12.1. The van der Waals surface area contributed by atoms with Gasteiger partial charge in [-0.15, -0.1) is 0 Å². The van der Waals surface area contributed by atoms with Crippen molar-refractivity contribution in [2.45, 2.75) is 9.79 Å². The lowest BCUT2D eigenvalue weighted by atomic mass is 9.92. The van der Waals surface area contributed by atoms with Crippen molar-refractivity contribution in [3.05, 3.63) is 255 Å². The average Bonchev–Trinajstić information content (AvgIpc) is 4.04. The summed E-state index contributed by atoms with van der Waals surface area (Å²) in [7, 11) is 0. The average molecular weight is 951 g/mol. The zero-order valence-electron chi connectivity index (χ0n) is 39.4. The number of furan rings is 2. The summed E-state index contributed by atoms with van der Waals surface area (Å²) in [6.07, 6.45) is 0. The van der Waals surface area contributed by atoms with Crippen molar-refractivity contribution in [1.29, 1.82) is 0 Å². The molecule has 4 nitrogen and oxygen atoms in total. The molecule has 0 unspecified atom stereocenters. The number of benzene rings is 12. The van der Waals surface area contributed by atoms with E-state index in [0.29, 0.717) is 0 Å². The fourth-order valence-corrected chi connectivity index (χ4v) is 12.5. The highest BCUT2D eigenvalue weighted by atomic mass is 32.2. The monoisotopic (exact) mass is 950 g/mol. The SMILES string of the molecule is c1ccc(-c2ccccc2N(c2ccc3c(c2)Sc2cccc4c2c-3cc2ccc(N(c3ccccc3-c3ccccc3)c3cccc5c3oc3ccccc35)cc24)c2cccc3c2oc2ccccc23)cc1. The Morgan fingerprint density at radius 2 is 0.767 bits per heavy atom. The molecule has 2 aromatic heterocycles. The van der Waals surface area contributed by atoms with E-state index < -0.39 is 0 Å². The standard InChI is InChI=1S/C68H42N2O2S/c1-3-18-43(19-4-1)48-22-7-11-29-58(48)69(60-31-15-27-54-50-24-9-13-33-62(50)71-67(54)60)46-37-36-45-40-57-52-39-38-47(42-65(52)73-64-35-17-26-53(66(57)64)56(45)41-46)70(59-30-12-8-23-49(59)44-20-5-2-6-21-44)61-32-16-28-55-51-25-10-14-34-63(51)72-68(55)61/h1-42H. The number of hydrogen-bond acceptors (Lipinski definition) is 5. The van der Waals surface area contributed by atoms with Crippen LogP contribution in [0.25, 0.3) is 98.8 Å². The van der Waals surface area contributed by atoms with Gasteiger partial charge >= 0.3 is 0 Å². The van der Waals surface area contributed by atoms with Gasteiger partial charge in [0.05, 0.1) is 22.7 Å². The number of nitrogens with zero attached hydrogens (tertiary/aromatic N) is 2. The Kier molecular flexibility index (Phi) is 9.47. The molecular formula is C68H42N2O2S. The van der Waals surface area contributed by atoms with Crippen molar-refractivity contribution in [3.63, 3.8) is 0 Å². The lowest BCUT2D eigenvalue weighted by Gasteiger charge is -2.30. The minimum atomic E-state index is 0.854. The summed E-state index contributed by atoms with van der Waals surface area (Å²) in [5, 5.41) is 9.26. The van der Waals surface area contributed by atoms with Gasteiger partial charge in [0.15, 0.2) is 11.2 Å². The van der Waals surface area contributed by atoms with Crippen LogP contribution >= 0.6 is 11.8 Å². The van der Waals surface area contributed by atoms with Crippen LogP contribution in [0.15, 0.2) is 273 Å². The molecule has 0 saturated carbocycles. The first-order valence-electron chi connectivity index (χ1n) is 24.7. The smallest absolute Gasteiger partial charge is 0.159 e. The second kappa shape index (κ2) is 16.7. The molecule has 0 saturated heterocycles. The summed E-state index contributed by atoms with van der Waals surface area (Å²) in [5.41, 5.74) is 16.7. The van der Waals surface area contributed by atoms with Gasteiger partial charge in [0.1, 0.15) is 11.2 Å². The van der Waals surface area contributed by atoms with Gasteiger partial charge in [-0.3, -0.25) is 0 Å². The van der Waals surface area contributed by atoms with Gasteiger partial charge in [-0.05, 0) is 111 Å². The second-order valence-electron chi connectivity index (χ2n) is 18.7. The van der Waals surface area contributed by atoms with Gasteiger partial charge in [0.2, 0.25) is 0 Å². The van der Waals surface area contributed by atoms with Crippen molar-refractivity contribution in [2.24, 2.45) is 0 Å². The van der Waals surface area contributed by atoms with Gasteiger partial charge in [-0.25, -0.2) is 0 Å². The zero-order chi connectivity index (χ0) is 48.0. The van der Waals surface area contributed by atoms with Crippen LogP contribution in [0.5, 0.6) is 0 Å². The van der Waals surface area contributed by atoms with E-state index >= 15 is 0 Å². The molecule has 0 radical (unpaired) electrons. The Bertz CT molecular complexity index is 4500. The number of rotatable bonds is 8. The van der Waals surface area contributed by atoms with E-state index in [4.69, 9.17) is 8.83 Å². The van der Waals surface area contributed by atoms with Gasteiger partial charge in [0, 0.05) is 59.2 Å². The van der Waals surface area contributed by atoms with Gasteiger partial charge in [-0.1, -0.05) is 194 Å². The largest absolute Gasteiger partial charge is 0.454 e. The first kappa shape index (κ1) is 41.5. The highest BCUT2D eigenvalue weighted by Crippen LogP contribution is 2.54. The van der Waals surface area contributed by atoms with Crippen molar-refractivity contribution in [2.75, 3.05) is 9.80 Å². The summed E-state index contributed by atoms with van der Waals surface area (Å²) < 4.78 is 13.5. The molecule has 0 amide bonds. The zero-order valence-corrected chi connectivity index (χ0v) is 40.2. The molecule has 12 aromatic carbocycles. The molecule has 5 heteroatoms. The third-order valence-corrected chi connectivity index (χ3v) is 15.7. The fourth-order valence-electron chi connectivity index (χ4n) is 11.4. The molecule has 342 valence electrons. The van der Waals surface area contributed by atoms with Crippen LogP contribution in [0.2, 0.25) is 0 Å². The lowest BCUT2D eigenvalue weighted by molar-refractivity contribution is 0.668. The fraction of sp³-hybridized carbons (Fsp3) is 0. The van der Waals surface area contributed by atoms with E-state index in [0.717, 1.165) is 100 Å². The molecule has 0 fully saturated rings. The predicted molar refractivity (Wildman–Crippen MR) is 306 cm³/mol. The molecule has 0 aliphatic carbocycles. The van der Waals surface area contributed by atoms with E-state index in [1.807, 2.05) is 23.9 Å². The molecule has 73 heavy (non-hydrogen) atoms. The van der Waals surface area contributed by atoms with Crippen LogP contribution in [0.3, 0.4) is 0 Å². The summed E-state index contributed by atoms with van der Waals surface area (Å²) in [4.78, 5) is 7.22. The van der Waals surface area contributed by atoms with Crippen molar-refractivity contribution in [1.82, 2.24) is 0 Å². The third-order valence-electron chi connectivity index (χ3n) is 14.6. The van der Waals surface area contributed by atoms with Crippen LogP contribution in [-0.4, -0.2) is 0 Å². The Labute approximate surface area is 425 Å². The summed E-state index contributed by atoms with van der Waals surface area (Å²) in [6.45, 7) is 0. The van der Waals surface area contributed by atoms with Crippen LogP contribution in [0.4, 0.5) is 34.1 Å². The van der Waals surface area contributed by atoms with E-state index in [9.17, 15) is 0 Å². The number of fused-ring (bicyclic) bond motifs is 10. The maximum atomic E-state index is 6.78. The van der Waals surface area contributed by atoms with Crippen LogP contribution in [-0.2, 0) is 0 Å². The summed E-state index contributed by atoms with van der Waals surface area (Å²) in [6, 6.07) is 91.6. The quantitative estimate of drug-likeness (QED) is 0.142. The summed E-state index contributed by atoms with van der Waals surface area (Å²) in [5.74, 6) is 0. The molecule has 14 aromatic rings. The van der Waals surface area contributed by atoms with E-state index in [2.05, 4.69) is 252 Å². The van der Waals surface area contributed by atoms with Crippen LogP contribution in [0.1, 0.15) is 0 Å². The minimum Gasteiger partial charge on any atom is -0.454 e. The first-order valence-corrected chi connectivity index (χ1v) is 25.5. The molecule has 1 aliphatic heterocycles. The Morgan fingerprint density at radius 3 is 1.38 bits per heavy atom. The van der Waals surface area contributed by atoms with Gasteiger partial charge < -0.3 is 18.6 Å². The van der Waals surface area contributed by atoms with Gasteiger partial charge in [-0.2, -0.15) is 0 Å². The number of hydrogen-bond donors (Lipinski definition) is 0. The molecule has 0 atom stereocenters. The van der Waals surface area contributed by atoms with E-state index in [1.54, 1.807) is 0 Å². The Hall–Kier alpha value is -9.29. The second-order valence-corrected chi connectivity index (χ2v) is 19.8. The van der Waals surface area contributed by atoms with E-state index in [-0.39, 0.29) is 0 Å². The van der Waals surface area contributed by atoms with Crippen molar-refractivity contribution < 1.29 is 8.83 Å². The van der Waals surface area contributed by atoms with Crippen LogP contribution in [0, 0.1) is 0 Å². The van der Waals surface area contributed by atoms with Crippen LogP contribution < -0.4 is 9.80 Å². The molecule has 15 rings (SSSR count). The molecule has 0 bridgehead atoms. The third kappa shape index (κ3) is 6.63. The number of anilines is 6. The molecule has 0 spiro atoms. The molecule has 0 N–H and O–H groups in total. The predicted octanol–water partition coefficient (Wildman–Crippen LogP) is 20.2. The molecular weight excluding hydrogens is 909 g/mol. The lowest BCUT2D eigenvalue weighted by Crippen LogP contribution is -2.12. The maximum Gasteiger partial charge on any atom is 0.159 e. The Balaban J connectivity index is 0.910. The first-order chi connectivity index (χ1) is 36.2.